The van der Waals surface area contributed by atoms with E-state index in [1.807, 2.05) is 47.4 Å². The van der Waals surface area contributed by atoms with Gasteiger partial charge in [0.15, 0.2) is 0 Å². The van der Waals surface area contributed by atoms with E-state index in [4.69, 9.17) is 0 Å². The number of hydrogen-bond donors (Lipinski definition) is 1. The van der Waals surface area contributed by atoms with Crippen LogP contribution in [0.3, 0.4) is 0 Å². The molecule has 1 aliphatic rings. The number of amides is 2. The lowest BCUT2D eigenvalue weighted by atomic mass is 9.95. The fourth-order valence-corrected chi connectivity index (χ4v) is 4.30. The Bertz CT molecular complexity index is 991. The van der Waals surface area contributed by atoms with Crippen LogP contribution < -0.4 is 5.32 Å². The van der Waals surface area contributed by atoms with Gasteiger partial charge in [0.05, 0.1) is 5.92 Å². The highest BCUT2D eigenvalue weighted by Crippen LogP contribution is 2.22. The molecule has 6 nitrogen and oxygen atoms in total. The van der Waals surface area contributed by atoms with Crippen molar-refractivity contribution in [3.63, 3.8) is 0 Å². The van der Waals surface area contributed by atoms with Crippen LogP contribution in [0.1, 0.15) is 34.3 Å². The lowest BCUT2D eigenvalue weighted by Gasteiger charge is -2.32. The summed E-state index contributed by atoms with van der Waals surface area (Å²) in [4.78, 5) is 27.7. The summed E-state index contributed by atoms with van der Waals surface area (Å²) in [6, 6.07) is 18.1. The van der Waals surface area contributed by atoms with Crippen LogP contribution in [0.5, 0.6) is 0 Å². The number of nitrogens with one attached hydrogen (secondary N) is 1. The fraction of sp³-hybridized carbons (Fsp3) is 0.304. The van der Waals surface area contributed by atoms with Crippen LogP contribution >= 0.6 is 11.3 Å². The topological polar surface area (TPSA) is 75.2 Å². The van der Waals surface area contributed by atoms with E-state index in [1.54, 1.807) is 5.51 Å². The Labute approximate surface area is 180 Å². The molecule has 2 heterocycles. The van der Waals surface area contributed by atoms with Gasteiger partial charge in [-0.05, 0) is 42.9 Å². The molecule has 2 amide bonds. The van der Waals surface area contributed by atoms with Crippen molar-refractivity contribution in [3.8, 4) is 0 Å². The monoisotopic (exact) mass is 420 g/mol. The molecule has 30 heavy (non-hydrogen) atoms. The van der Waals surface area contributed by atoms with E-state index >= 15 is 0 Å². The highest BCUT2D eigenvalue weighted by atomic mass is 32.1. The van der Waals surface area contributed by atoms with Gasteiger partial charge in [0.2, 0.25) is 11.0 Å². The predicted octanol–water partition coefficient (Wildman–Crippen LogP) is 3.81. The van der Waals surface area contributed by atoms with E-state index in [-0.39, 0.29) is 17.7 Å². The second-order valence-electron chi connectivity index (χ2n) is 7.47. The van der Waals surface area contributed by atoms with Crippen LogP contribution in [0, 0.1) is 5.92 Å². The summed E-state index contributed by atoms with van der Waals surface area (Å²) in [7, 11) is 0. The van der Waals surface area contributed by atoms with Crippen LogP contribution in [0.15, 0.2) is 60.1 Å². The minimum atomic E-state index is -0.233. The summed E-state index contributed by atoms with van der Waals surface area (Å²) in [5.74, 6) is -0.322. The first-order valence-corrected chi connectivity index (χ1v) is 11.1. The number of aryl methyl sites for hydroxylation is 2. The number of rotatable bonds is 6. The van der Waals surface area contributed by atoms with Gasteiger partial charge in [-0.2, -0.15) is 0 Å². The molecule has 0 saturated carbocycles. The summed E-state index contributed by atoms with van der Waals surface area (Å²) >= 11 is 1.29. The maximum absolute atomic E-state index is 13.3. The number of carbonyl (C=O) groups excluding carboxylic acids is 2. The van der Waals surface area contributed by atoms with Crippen LogP contribution in [0.2, 0.25) is 0 Å². The Morgan fingerprint density at radius 2 is 1.87 bits per heavy atom. The minimum Gasteiger partial charge on any atom is -0.338 e. The molecule has 0 radical (unpaired) electrons. The normalized spacial score (nSPS) is 16.3. The molecule has 1 fully saturated rings. The SMILES string of the molecule is O=C(Nc1nncs1)C1CCCN(C(=O)c2ccccc2CCc2ccccc2)C1. The van der Waals surface area contributed by atoms with Gasteiger partial charge in [0.1, 0.15) is 5.51 Å². The van der Waals surface area contributed by atoms with Crippen molar-refractivity contribution in [3.05, 3.63) is 76.8 Å². The third-order valence-electron chi connectivity index (χ3n) is 5.44. The first-order chi connectivity index (χ1) is 14.7. The molecule has 1 unspecified atom stereocenters. The fourth-order valence-electron chi connectivity index (χ4n) is 3.85. The van der Waals surface area contributed by atoms with Crippen molar-refractivity contribution in [1.82, 2.24) is 15.1 Å². The number of hydrogen-bond acceptors (Lipinski definition) is 5. The van der Waals surface area contributed by atoms with Crippen molar-refractivity contribution >= 4 is 28.3 Å². The zero-order chi connectivity index (χ0) is 20.8. The Morgan fingerprint density at radius 1 is 1.07 bits per heavy atom. The molecule has 7 heteroatoms. The van der Waals surface area contributed by atoms with Crippen LogP contribution in [0.25, 0.3) is 0 Å². The number of nitrogens with zero attached hydrogens (tertiary/aromatic N) is 3. The van der Waals surface area contributed by atoms with Crippen LogP contribution in [-0.4, -0.2) is 40.0 Å². The van der Waals surface area contributed by atoms with E-state index in [2.05, 4.69) is 27.6 Å². The quantitative estimate of drug-likeness (QED) is 0.658. The van der Waals surface area contributed by atoms with E-state index in [9.17, 15) is 9.59 Å². The predicted molar refractivity (Wildman–Crippen MR) is 117 cm³/mol. The Morgan fingerprint density at radius 3 is 2.67 bits per heavy atom. The van der Waals surface area contributed by atoms with Gasteiger partial charge in [0, 0.05) is 18.7 Å². The number of likely N-dealkylation sites (tertiary alicyclic amines) is 1. The van der Waals surface area contributed by atoms with E-state index < -0.39 is 0 Å². The second kappa shape index (κ2) is 9.63. The molecular formula is C23H24N4O2S. The molecule has 1 atom stereocenters. The Kier molecular flexibility index (Phi) is 6.49. The molecular weight excluding hydrogens is 396 g/mol. The lowest BCUT2D eigenvalue weighted by Crippen LogP contribution is -2.44. The molecule has 0 spiro atoms. The third-order valence-corrected chi connectivity index (χ3v) is 6.05. The molecule has 1 saturated heterocycles. The molecule has 3 aromatic rings. The molecule has 1 aliphatic heterocycles. The average molecular weight is 421 g/mol. The first kappa shape index (κ1) is 20.2. The third kappa shape index (κ3) is 4.91. The van der Waals surface area contributed by atoms with Gasteiger partial charge in [-0.25, -0.2) is 0 Å². The molecule has 2 aromatic carbocycles. The van der Waals surface area contributed by atoms with Gasteiger partial charge >= 0.3 is 0 Å². The van der Waals surface area contributed by atoms with E-state index in [0.29, 0.717) is 18.2 Å². The Balaban J connectivity index is 1.43. The van der Waals surface area contributed by atoms with Gasteiger partial charge in [-0.15, -0.1) is 10.2 Å². The summed E-state index contributed by atoms with van der Waals surface area (Å²) < 4.78 is 0. The molecule has 154 valence electrons. The lowest BCUT2D eigenvalue weighted by molar-refractivity contribution is -0.121. The van der Waals surface area contributed by atoms with Gasteiger partial charge in [0.25, 0.3) is 5.91 Å². The highest BCUT2D eigenvalue weighted by molar-refractivity contribution is 7.13. The molecule has 4 rings (SSSR count). The standard InChI is InChI=1S/C23H24N4O2S/c28-21(25-23-26-24-16-30-23)19-10-6-14-27(15-19)22(29)20-11-5-4-9-18(20)13-12-17-7-2-1-3-8-17/h1-5,7-9,11,16,19H,6,10,12-15H2,(H,25,26,28). The van der Waals surface area contributed by atoms with Gasteiger partial charge in [-0.1, -0.05) is 59.9 Å². The molecule has 0 aliphatic carbocycles. The van der Waals surface area contributed by atoms with Gasteiger partial charge in [-0.3, -0.25) is 9.59 Å². The second-order valence-corrected chi connectivity index (χ2v) is 8.30. The molecule has 0 bridgehead atoms. The Hall–Kier alpha value is -3.06. The highest BCUT2D eigenvalue weighted by Gasteiger charge is 2.30. The van der Waals surface area contributed by atoms with E-state index in [0.717, 1.165) is 36.8 Å². The van der Waals surface area contributed by atoms with Crippen molar-refractivity contribution in [2.24, 2.45) is 5.92 Å². The number of carbonyl (C=O) groups is 2. The number of aromatic nitrogens is 2. The van der Waals surface area contributed by atoms with Crippen molar-refractivity contribution in [2.45, 2.75) is 25.7 Å². The van der Waals surface area contributed by atoms with Crippen LogP contribution in [0.4, 0.5) is 5.13 Å². The van der Waals surface area contributed by atoms with E-state index in [1.165, 1.54) is 16.9 Å². The largest absolute Gasteiger partial charge is 0.338 e. The number of piperidine rings is 1. The smallest absolute Gasteiger partial charge is 0.254 e. The van der Waals surface area contributed by atoms with Gasteiger partial charge < -0.3 is 10.2 Å². The van der Waals surface area contributed by atoms with Crippen molar-refractivity contribution < 1.29 is 9.59 Å². The van der Waals surface area contributed by atoms with Crippen molar-refractivity contribution in [1.29, 1.82) is 0 Å². The summed E-state index contributed by atoms with van der Waals surface area (Å²) in [6.45, 7) is 1.10. The molecule has 1 N–H and O–H groups in total. The summed E-state index contributed by atoms with van der Waals surface area (Å²) in [6.07, 6.45) is 3.27. The summed E-state index contributed by atoms with van der Waals surface area (Å²) in [5.41, 5.74) is 4.62. The zero-order valence-electron chi connectivity index (χ0n) is 16.7. The minimum absolute atomic E-state index is 0.00655. The average Bonchev–Trinajstić information content (AvgIpc) is 3.31. The van der Waals surface area contributed by atoms with Crippen LogP contribution in [-0.2, 0) is 17.6 Å². The maximum atomic E-state index is 13.3. The number of anilines is 1. The molecule has 1 aromatic heterocycles. The first-order valence-electron chi connectivity index (χ1n) is 10.2. The number of benzene rings is 2. The van der Waals surface area contributed by atoms with Crippen molar-refractivity contribution in [2.75, 3.05) is 18.4 Å². The summed E-state index contributed by atoms with van der Waals surface area (Å²) in [5, 5.41) is 10.9. The maximum Gasteiger partial charge on any atom is 0.254 e. The zero-order valence-corrected chi connectivity index (χ0v) is 17.5.